The average molecular weight is 439 g/mol. The number of anilines is 2. The second kappa shape index (κ2) is 10.1. The molecule has 7 nitrogen and oxygen atoms in total. The van der Waals surface area contributed by atoms with E-state index in [0.29, 0.717) is 13.0 Å². The third kappa shape index (κ3) is 6.56. The van der Waals surface area contributed by atoms with Crippen LogP contribution in [0, 0.1) is 0 Å². The van der Waals surface area contributed by atoms with Crippen molar-refractivity contribution < 1.29 is 13.2 Å². The number of urea groups is 1. The molecule has 0 saturated heterocycles. The lowest BCUT2D eigenvalue weighted by Crippen LogP contribution is -2.31. The van der Waals surface area contributed by atoms with Gasteiger partial charge in [-0.3, -0.25) is 0 Å². The van der Waals surface area contributed by atoms with E-state index in [-0.39, 0.29) is 10.9 Å². The van der Waals surface area contributed by atoms with Crippen molar-refractivity contribution in [2.45, 2.75) is 17.9 Å². The summed E-state index contributed by atoms with van der Waals surface area (Å²) in [5.74, 6) is 0. The largest absolute Gasteiger partial charge is 0.369 e. The highest BCUT2D eigenvalue weighted by molar-refractivity contribution is 7.89. The summed E-state index contributed by atoms with van der Waals surface area (Å²) in [5.41, 5.74) is 3.71. The smallest absolute Gasteiger partial charge is 0.319 e. The molecule has 4 N–H and O–H groups in total. The Hall–Kier alpha value is -3.36. The van der Waals surface area contributed by atoms with Crippen LogP contribution in [0.15, 0.2) is 83.8 Å². The number of nitrogens with zero attached hydrogens (tertiary/aromatic N) is 1. The first-order valence-electron chi connectivity index (χ1n) is 9.83. The SMILES string of the molecule is CN(Cc1ccccc1)c1ccccc1NC(=O)NCCc1ccc(S(N)(=O)=O)cc1. The Bertz CT molecular complexity index is 1120. The van der Waals surface area contributed by atoms with Crippen LogP contribution in [0.4, 0.5) is 16.2 Å². The van der Waals surface area contributed by atoms with Gasteiger partial charge in [-0.2, -0.15) is 0 Å². The minimum atomic E-state index is -3.70. The van der Waals surface area contributed by atoms with Gasteiger partial charge in [0.2, 0.25) is 10.0 Å². The molecule has 0 aromatic heterocycles. The molecule has 0 saturated carbocycles. The first-order chi connectivity index (χ1) is 14.8. The molecule has 0 bridgehead atoms. The Balaban J connectivity index is 1.55. The van der Waals surface area contributed by atoms with E-state index >= 15 is 0 Å². The van der Waals surface area contributed by atoms with Crippen LogP contribution in [-0.2, 0) is 23.0 Å². The maximum absolute atomic E-state index is 12.4. The number of nitrogens with two attached hydrogens (primary N) is 1. The fourth-order valence-electron chi connectivity index (χ4n) is 3.19. The van der Waals surface area contributed by atoms with Crippen LogP contribution in [0.5, 0.6) is 0 Å². The predicted molar refractivity (Wildman–Crippen MR) is 124 cm³/mol. The van der Waals surface area contributed by atoms with Crippen LogP contribution in [0.3, 0.4) is 0 Å². The van der Waals surface area contributed by atoms with Crippen molar-refractivity contribution in [3.8, 4) is 0 Å². The molecule has 31 heavy (non-hydrogen) atoms. The van der Waals surface area contributed by atoms with Gasteiger partial charge in [0.15, 0.2) is 0 Å². The van der Waals surface area contributed by atoms with Gasteiger partial charge in [0.25, 0.3) is 0 Å². The predicted octanol–water partition coefficient (Wildman–Crippen LogP) is 3.33. The van der Waals surface area contributed by atoms with Gasteiger partial charge in [-0.1, -0.05) is 54.6 Å². The van der Waals surface area contributed by atoms with Crippen molar-refractivity contribution in [1.29, 1.82) is 0 Å². The van der Waals surface area contributed by atoms with Crippen molar-refractivity contribution in [1.82, 2.24) is 5.32 Å². The average Bonchev–Trinajstić information content (AvgIpc) is 2.74. The van der Waals surface area contributed by atoms with Gasteiger partial charge in [0, 0.05) is 20.1 Å². The number of carbonyl (C=O) groups is 1. The van der Waals surface area contributed by atoms with Crippen LogP contribution < -0.4 is 20.7 Å². The standard InChI is InChI=1S/C23H26N4O3S/c1-27(17-19-7-3-2-4-8-19)22-10-6-5-9-21(22)26-23(28)25-16-15-18-11-13-20(14-12-18)31(24,29)30/h2-14H,15-17H2,1H3,(H2,24,29,30)(H2,25,26,28). The van der Waals surface area contributed by atoms with Gasteiger partial charge in [0.05, 0.1) is 16.3 Å². The van der Waals surface area contributed by atoms with Crippen molar-refractivity contribution in [3.05, 3.63) is 90.0 Å². The number of benzene rings is 3. The normalized spacial score (nSPS) is 11.0. The van der Waals surface area contributed by atoms with E-state index in [9.17, 15) is 13.2 Å². The van der Waals surface area contributed by atoms with E-state index in [1.165, 1.54) is 17.7 Å². The minimum Gasteiger partial charge on any atom is -0.369 e. The van der Waals surface area contributed by atoms with Crippen LogP contribution >= 0.6 is 0 Å². The zero-order chi connectivity index (χ0) is 22.3. The Morgan fingerprint density at radius 3 is 2.23 bits per heavy atom. The fourth-order valence-corrected chi connectivity index (χ4v) is 3.70. The van der Waals surface area contributed by atoms with Crippen molar-refractivity contribution in [2.75, 3.05) is 23.8 Å². The number of carbonyl (C=O) groups excluding carboxylic acids is 1. The topological polar surface area (TPSA) is 105 Å². The van der Waals surface area contributed by atoms with Gasteiger partial charge in [0.1, 0.15) is 0 Å². The molecular weight excluding hydrogens is 412 g/mol. The number of primary sulfonamides is 1. The minimum absolute atomic E-state index is 0.0678. The summed E-state index contributed by atoms with van der Waals surface area (Å²) in [6, 6.07) is 23.8. The Labute approximate surface area is 182 Å². The van der Waals surface area contributed by atoms with Crippen LogP contribution in [0.2, 0.25) is 0 Å². The van der Waals surface area contributed by atoms with E-state index < -0.39 is 10.0 Å². The molecule has 0 aliphatic carbocycles. The molecule has 0 spiro atoms. The lowest BCUT2D eigenvalue weighted by atomic mass is 10.1. The summed E-state index contributed by atoms with van der Waals surface area (Å²) >= 11 is 0. The molecule has 0 unspecified atom stereocenters. The van der Waals surface area contributed by atoms with E-state index in [1.807, 2.05) is 49.5 Å². The Morgan fingerprint density at radius 1 is 0.903 bits per heavy atom. The number of nitrogens with one attached hydrogen (secondary N) is 2. The number of amides is 2. The molecule has 162 valence electrons. The summed E-state index contributed by atoms with van der Waals surface area (Å²) in [6.07, 6.45) is 0.563. The van der Waals surface area contributed by atoms with Crippen molar-refractivity contribution >= 4 is 27.4 Å². The number of hydrogen-bond acceptors (Lipinski definition) is 4. The maximum atomic E-state index is 12.4. The first-order valence-corrected chi connectivity index (χ1v) is 11.4. The molecule has 2 amide bonds. The summed E-state index contributed by atoms with van der Waals surface area (Å²) in [5, 5.41) is 10.8. The van der Waals surface area contributed by atoms with Gasteiger partial charge < -0.3 is 15.5 Å². The number of hydrogen-bond donors (Lipinski definition) is 3. The third-order valence-corrected chi connectivity index (χ3v) is 5.71. The highest BCUT2D eigenvalue weighted by Gasteiger charge is 2.11. The number of rotatable bonds is 8. The van der Waals surface area contributed by atoms with Crippen molar-refractivity contribution in [2.24, 2.45) is 5.14 Å². The van der Waals surface area contributed by atoms with Gasteiger partial charge in [-0.15, -0.1) is 0 Å². The van der Waals surface area contributed by atoms with E-state index in [0.717, 1.165) is 23.5 Å². The third-order valence-electron chi connectivity index (χ3n) is 4.78. The molecule has 8 heteroatoms. The quantitative estimate of drug-likeness (QED) is 0.502. The zero-order valence-electron chi connectivity index (χ0n) is 17.3. The summed E-state index contributed by atoms with van der Waals surface area (Å²) in [7, 11) is -1.72. The molecule has 0 aliphatic heterocycles. The number of sulfonamides is 1. The van der Waals surface area contributed by atoms with Crippen LogP contribution in [-0.4, -0.2) is 28.0 Å². The van der Waals surface area contributed by atoms with Crippen LogP contribution in [0.1, 0.15) is 11.1 Å². The molecule has 0 aliphatic rings. The van der Waals surface area contributed by atoms with E-state index in [2.05, 4.69) is 27.7 Å². The lowest BCUT2D eigenvalue weighted by molar-refractivity contribution is 0.252. The Morgan fingerprint density at radius 2 is 1.55 bits per heavy atom. The van der Waals surface area contributed by atoms with Gasteiger partial charge >= 0.3 is 6.03 Å². The molecule has 0 radical (unpaired) electrons. The number of para-hydroxylation sites is 2. The fraction of sp³-hybridized carbons (Fsp3) is 0.174. The van der Waals surface area contributed by atoms with Gasteiger partial charge in [-0.05, 0) is 41.8 Å². The molecule has 0 heterocycles. The molecule has 0 fully saturated rings. The molecule has 3 rings (SSSR count). The molecule has 0 atom stereocenters. The van der Waals surface area contributed by atoms with E-state index in [4.69, 9.17) is 5.14 Å². The monoisotopic (exact) mass is 438 g/mol. The van der Waals surface area contributed by atoms with E-state index in [1.54, 1.807) is 12.1 Å². The van der Waals surface area contributed by atoms with Crippen molar-refractivity contribution in [3.63, 3.8) is 0 Å². The highest BCUT2D eigenvalue weighted by Crippen LogP contribution is 2.25. The molecule has 3 aromatic carbocycles. The zero-order valence-corrected chi connectivity index (χ0v) is 18.1. The second-order valence-electron chi connectivity index (χ2n) is 7.18. The summed E-state index contributed by atoms with van der Waals surface area (Å²) < 4.78 is 22.6. The summed E-state index contributed by atoms with van der Waals surface area (Å²) in [4.78, 5) is 14.5. The Kier molecular flexibility index (Phi) is 7.28. The highest BCUT2D eigenvalue weighted by atomic mass is 32.2. The second-order valence-corrected chi connectivity index (χ2v) is 8.74. The summed E-state index contributed by atoms with van der Waals surface area (Å²) in [6.45, 7) is 1.12. The molecular formula is C23H26N4O3S. The van der Waals surface area contributed by atoms with Crippen LogP contribution in [0.25, 0.3) is 0 Å². The first kappa shape index (κ1) is 22.3. The lowest BCUT2D eigenvalue weighted by Gasteiger charge is -2.23. The molecule has 3 aromatic rings. The maximum Gasteiger partial charge on any atom is 0.319 e. The van der Waals surface area contributed by atoms with Gasteiger partial charge in [-0.25, -0.2) is 18.4 Å².